The third kappa shape index (κ3) is 2.92. The smallest absolute Gasteiger partial charge is 0.245 e. The number of hydrogen-bond acceptors (Lipinski definition) is 5. The summed E-state index contributed by atoms with van der Waals surface area (Å²) in [5.41, 5.74) is 5.84. The fourth-order valence-corrected chi connectivity index (χ4v) is 3.55. The van der Waals surface area contributed by atoms with Gasteiger partial charge in [-0.15, -0.1) is 0 Å². The Morgan fingerprint density at radius 1 is 1.58 bits per heavy atom. The highest BCUT2D eigenvalue weighted by Gasteiger charge is 2.31. The largest absolute Gasteiger partial charge is 0.388 e. The van der Waals surface area contributed by atoms with Gasteiger partial charge in [0.05, 0.1) is 18.9 Å². The number of pyridine rings is 1. The summed E-state index contributed by atoms with van der Waals surface area (Å²) in [6, 6.07) is 2.80. The second-order valence-corrected chi connectivity index (χ2v) is 6.61. The number of sulfonamides is 1. The van der Waals surface area contributed by atoms with Crippen LogP contribution in [-0.4, -0.2) is 48.5 Å². The van der Waals surface area contributed by atoms with Crippen molar-refractivity contribution in [1.82, 2.24) is 9.29 Å². The predicted octanol–water partition coefficient (Wildman–Crippen LogP) is 0.125. The first-order valence-electron chi connectivity index (χ1n) is 5.78. The van der Waals surface area contributed by atoms with Gasteiger partial charge in [0, 0.05) is 18.8 Å². The first-order valence-corrected chi connectivity index (χ1v) is 7.63. The highest BCUT2D eigenvalue weighted by molar-refractivity contribution is 7.89. The van der Waals surface area contributed by atoms with E-state index in [0.29, 0.717) is 25.5 Å². The van der Waals surface area contributed by atoms with Gasteiger partial charge in [-0.1, -0.05) is 12.2 Å². The summed E-state index contributed by atoms with van der Waals surface area (Å²) >= 11 is 4.78. The number of ether oxygens (including phenoxy) is 1. The van der Waals surface area contributed by atoms with Gasteiger partial charge in [0.15, 0.2) is 0 Å². The molecule has 1 aromatic heterocycles. The summed E-state index contributed by atoms with van der Waals surface area (Å²) in [5.74, 6) is 0. The lowest BCUT2D eigenvalue weighted by molar-refractivity contribution is 0.0392. The standard InChI is InChI=1S/C11H15N3O3S2/c1-8-7-17-5-4-14(8)19(15,16)9-2-3-10(11(12)18)13-6-9/h2-3,6,8H,4-5,7H2,1H3,(H2,12,18). The highest BCUT2D eigenvalue weighted by atomic mass is 32.2. The molecular weight excluding hydrogens is 286 g/mol. The lowest BCUT2D eigenvalue weighted by Gasteiger charge is -2.32. The molecule has 8 heteroatoms. The Kier molecular flexibility index (Phi) is 4.14. The molecule has 1 aromatic rings. The average Bonchev–Trinajstić information content (AvgIpc) is 2.39. The molecule has 0 saturated carbocycles. The molecular formula is C11H15N3O3S2. The van der Waals surface area contributed by atoms with E-state index in [-0.39, 0.29) is 15.9 Å². The summed E-state index contributed by atoms with van der Waals surface area (Å²) in [7, 11) is -3.55. The molecule has 0 aliphatic carbocycles. The molecule has 0 bridgehead atoms. The zero-order chi connectivity index (χ0) is 14.0. The van der Waals surface area contributed by atoms with Crippen LogP contribution in [0.5, 0.6) is 0 Å². The SMILES string of the molecule is CC1COCCN1S(=O)(=O)c1ccc(C(N)=S)nc1. The summed E-state index contributed by atoms with van der Waals surface area (Å²) in [6.45, 7) is 2.97. The second kappa shape index (κ2) is 5.49. The Morgan fingerprint density at radius 3 is 2.84 bits per heavy atom. The van der Waals surface area contributed by atoms with Crippen LogP contribution in [0.4, 0.5) is 0 Å². The van der Waals surface area contributed by atoms with Crippen molar-refractivity contribution in [2.24, 2.45) is 5.73 Å². The number of thiocarbonyl (C=S) groups is 1. The first kappa shape index (κ1) is 14.3. The molecule has 1 aliphatic heterocycles. The fourth-order valence-electron chi connectivity index (χ4n) is 1.88. The Bertz CT molecular complexity index is 571. The Hall–Kier alpha value is -1.09. The van der Waals surface area contributed by atoms with E-state index in [9.17, 15) is 8.42 Å². The number of nitrogens with zero attached hydrogens (tertiary/aromatic N) is 2. The van der Waals surface area contributed by atoms with E-state index < -0.39 is 10.0 Å². The molecule has 0 amide bonds. The van der Waals surface area contributed by atoms with E-state index in [1.165, 1.54) is 22.6 Å². The minimum atomic E-state index is -3.55. The zero-order valence-electron chi connectivity index (χ0n) is 10.4. The van der Waals surface area contributed by atoms with Gasteiger partial charge in [0.25, 0.3) is 0 Å². The Labute approximate surface area is 117 Å². The molecule has 1 unspecified atom stereocenters. The van der Waals surface area contributed by atoms with Crippen molar-refractivity contribution in [2.75, 3.05) is 19.8 Å². The molecule has 19 heavy (non-hydrogen) atoms. The van der Waals surface area contributed by atoms with Crippen LogP contribution >= 0.6 is 12.2 Å². The van der Waals surface area contributed by atoms with Gasteiger partial charge in [-0.05, 0) is 19.1 Å². The highest BCUT2D eigenvalue weighted by Crippen LogP contribution is 2.19. The monoisotopic (exact) mass is 301 g/mol. The van der Waals surface area contributed by atoms with Gasteiger partial charge >= 0.3 is 0 Å². The Morgan fingerprint density at radius 2 is 2.32 bits per heavy atom. The van der Waals surface area contributed by atoms with Crippen LogP contribution in [0.3, 0.4) is 0 Å². The normalized spacial score (nSPS) is 21.2. The predicted molar refractivity (Wildman–Crippen MR) is 74.3 cm³/mol. The number of aromatic nitrogens is 1. The van der Waals surface area contributed by atoms with Gasteiger partial charge in [-0.2, -0.15) is 4.31 Å². The molecule has 1 fully saturated rings. The molecule has 6 nitrogen and oxygen atoms in total. The second-order valence-electron chi connectivity index (χ2n) is 4.28. The van der Waals surface area contributed by atoms with Gasteiger partial charge in [-0.3, -0.25) is 4.98 Å². The van der Waals surface area contributed by atoms with Crippen LogP contribution in [0.15, 0.2) is 23.2 Å². The van der Waals surface area contributed by atoms with E-state index >= 15 is 0 Å². The van der Waals surface area contributed by atoms with Crippen LogP contribution in [0.2, 0.25) is 0 Å². The van der Waals surface area contributed by atoms with Crippen molar-refractivity contribution >= 4 is 27.2 Å². The quantitative estimate of drug-likeness (QED) is 0.799. The van der Waals surface area contributed by atoms with Crippen LogP contribution in [0.1, 0.15) is 12.6 Å². The fraction of sp³-hybridized carbons (Fsp3) is 0.455. The molecule has 1 atom stereocenters. The Balaban J connectivity index is 2.30. The molecule has 0 aromatic carbocycles. The van der Waals surface area contributed by atoms with E-state index in [1.54, 1.807) is 0 Å². The summed E-state index contributed by atoms with van der Waals surface area (Å²) in [4.78, 5) is 4.24. The molecule has 104 valence electrons. The van der Waals surface area contributed by atoms with Crippen LogP contribution in [-0.2, 0) is 14.8 Å². The maximum atomic E-state index is 12.4. The number of hydrogen-bond donors (Lipinski definition) is 1. The lowest BCUT2D eigenvalue weighted by atomic mass is 10.3. The molecule has 1 saturated heterocycles. The van der Waals surface area contributed by atoms with E-state index in [4.69, 9.17) is 22.7 Å². The van der Waals surface area contributed by atoms with Crippen LogP contribution in [0.25, 0.3) is 0 Å². The summed E-state index contributed by atoms with van der Waals surface area (Å²) in [6.07, 6.45) is 1.28. The minimum absolute atomic E-state index is 0.140. The third-order valence-corrected chi connectivity index (χ3v) is 5.11. The van der Waals surface area contributed by atoms with Crippen molar-refractivity contribution < 1.29 is 13.2 Å². The molecule has 2 rings (SSSR count). The van der Waals surface area contributed by atoms with Crippen molar-refractivity contribution in [2.45, 2.75) is 17.9 Å². The number of nitrogens with two attached hydrogens (primary N) is 1. The van der Waals surface area contributed by atoms with Crippen molar-refractivity contribution in [3.63, 3.8) is 0 Å². The van der Waals surface area contributed by atoms with Gasteiger partial charge in [0.1, 0.15) is 9.88 Å². The lowest BCUT2D eigenvalue weighted by Crippen LogP contribution is -2.46. The van der Waals surface area contributed by atoms with E-state index in [0.717, 1.165) is 0 Å². The number of rotatable bonds is 3. The van der Waals surface area contributed by atoms with Crippen molar-refractivity contribution in [1.29, 1.82) is 0 Å². The molecule has 2 heterocycles. The zero-order valence-corrected chi connectivity index (χ0v) is 12.1. The molecule has 2 N–H and O–H groups in total. The van der Waals surface area contributed by atoms with Gasteiger partial charge in [-0.25, -0.2) is 8.42 Å². The van der Waals surface area contributed by atoms with E-state index in [2.05, 4.69) is 4.98 Å². The summed E-state index contributed by atoms with van der Waals surface area (Å²) in [5, 5.41) is 0. The third-order valence-electron chi connectivity index (χ3n) is 2.90. The molecule has 1 aliphatic rings. The maximum absolute atomic E-state index is 12.4. The van der Waals surface area contributed by atoms with Crippen LogP contribution in [0, 0.1) is 0 Å². The number of morpholine rings is 1. The topological polar surface area (TPSA) is 85.5 Å². The molecule has 0 radical (unpaired) electrons. The van der Waals surface area contributed by atoms with E-state index in [1.807, 2.05) is 6.92 Å². The van der Waals surface area contributed by atoms with Crippen molar-refractivity contribution in [3.8, 4) is 0 Å². The van der Waals surface area contributed by atoms with Crippen molar-refractivity contribution in [3.05, 3.63) is 24.0 Å². The average molecular weight is 301 g/mol. The maximum Gasteiger partial charge on any atom is 0.245 e. The van der Waals surface area contributed by atoms with Crippen LogP contribution < -0.4 is 5.73 Å². The molecule has 0 spiro atoms. The minimum Gasteiger partial charge on any atom is -0.388 e. The van der Waals surface area contributed by atoms with Gasteiger partial charge < -0.3 is 10.5 Å². The van der Waals surface area contributed by atoms with Gasteiger partial charge in [0.2, 0.25) is 10.0 Å². The summed E-state index contributed by atoms with van der Waals surface area (Å²) < 4.78 is 31.6. The first-order chi connectivity index (χ1) is 8.93.